The average molecular weight is 577 g/mol. The lowest BCUT2D eigenvalue weighted by atomic mass is 10.2. The predicted octanol–water partition coefficient (Wildman–Crippen LogP) is 3.79. The third kappa shape index (κ3) is 6.31. The van der Waals surface area contributed by atoms with E-state index in [4.69, 9.17) is 4.43 Å². The largest absolute Gasteiger partial charge is 1.00 e. The fourth-order valence-corrected chi connectivity index (χ4v) is 9.37. The van der Waals surface area contributed by atoms with Crippen molar-refractivity contribution in [3.05, 3.63) is 91.0 Å². The van der Waals surface area contributed by atoms with Crippen LogP contribution in [0.5, 0.6) is 0 Å². The molecule has 0 bridgehead atoms. The molecule has 0 aromatic heterocycles. The molecule has 3 aromatic rings. The zero-order valence-electron chi connectivity index (χ0n) is 20.2. The summed E-state index contributed by atoms with van der Waals surface area (Å²) in [7, 11) is -3.39. The van der Waals surface area contributed by atoms with E-state index in [1.54, 1.807) is 0 Å². The molecule has 0 aliphatic rings. The Kier molecular flexibility index (Phi) is 10.1. The van der Waals surface area contributed by atoms with Gasteiger partial charge in [0.1, 0.15) is 23.2 Å². The molecule has 0 heterocycles. The molecule has 32 heavy (non-hydrogen) atoms. The van der Waals surface area contributed by atoms with Crippen molar-refractivity contribution >= 4 is 31.5 Å². The highest BCUT2D eigenvalue weighted by molar-refractivity contribution is 7.95. The standard InChI is InChI=1S/C28H38OPSi.HI/c1-28(2,3)31(4,5)29-23-15-16-24-30(25-17-9-6-10-18-25,26-19-11-7-12-20-26)27-21-13-8-14-22-27;/h6-14,17-22H,15-16,23-24H2,1-5H3;1H/q+1;/p-1. The van der Waals surface area contributed by atoms with E-state index in [0.717, 1.165) is 13.0 Å². The highest BCUT2D eigenvalue weighted by Crippen LogP contribution is 2.55. The summed E-state index contributed by atoms with van der Waals surface area (Å²) in [5.41, 5.74) is 0. The predicted molar refractivity (Wildman–Crippen MR) is 142 cm³/mol. The van der Waals surface area contributed by atoms with Crippen molar-refractivity contribution in [3.63, 3.8) is 0 Å². The minimum atomic E-state index is -1.71. The summed E-state index contributed by atoms with van der Waals surface area (Å²) in [5.74, 6) is 0. The Morgan fingerprint density at radius 3 is 1.38 bits per heavy atom. The van der Waals surface area contributed by atoms with Crippen LogP contribution in [0.1, 0.15) is 33.6 Å². The van der Waals surface area contributed by atoms with Gasteiger partial charge in [0, 0.05) is 6.61 Å². The van der Waals surface area contributed by atoms with Crippen molar-refractivity contribution in [2.75, 3.05) is 12.8 Å². The first-order chi connectivity index (χ1) is 14.8. The van der Waals surface area contributed by atoms with Gasteiger partial charge in [0.25, 0.3) is 0 Å². The van der Waals surface area contributed by atoms with E-state index < -0.39 is 15.6 Å². The Morgan fingerprint density at radius 2 is 1.03 bits per heavy atom. The molecule has 0 saturated carbocycles. The van der Waals surface area contributed by atoms with E-state index >= 15 is 0 Å². The maximum Gasteiger partial charge on any atom is 0.191 e. The van der Waals surface area contributed by atoms with Gasteiger partial charge >= 0.3 is 0 Å². The van der Waals surface area contributed by atoms with E-state index in [1.165, 1.54) is 28.5 Å². The summed E-state index contributed by atoms with van der Waals surface area (Å²) in [4.78, 5) is 0. The van der Waals surface area contributed by atoms with E-state index in [9.17, 15) is 0 Å². The van der Waals surface area contributed by atoms with Crippen LogP contribution in [0.4, 0.5) is 0 Å². The first-order valence-corrected chi connectivity index (χ1v) is 16.3. The molecule has 0 fully saturated rings. The molecule has 1 nitrogen and oxygen atoms in total. The van der Waals surface area contributed by atoms with Gasteiger partial charge in [-0.3, -0.25) is 0 Å². The molecule has 4 heteroatoms. The molecular formula is C28H38IOPSi. The number of hydrogen-bond donors (Lipinski definition) is 0. The van der Waals surface area contributed by atoms with Crippen LogP contribution < -0.4 is 39.9 Å². The maximum absolute atomic E-state index is 6.48. The summed E-state index contributed by atoms with van der Waals surface area (Å²) >= 11 is 0. The first kappa shape index (κ1) is 27.2. The Hall–Kier alpha value is -1.00. The Morgan fingerprint density at radius 1 is 0.656 bits per heavy atom. The van der Waals surface area contributed by atoms with Gasteiger partial charge in [-0.15, -0.1) is 0 Å². The van der Waals surface area contributed by atoms with Gasteiger partial charge in [0.05, 0.1) is 6.16 Å². The second-order valence-electron chi connectivity index (χ2n) is 9.86. The number of rotatable bonds is 9. The summed E-state index contributed by atoms with van der Waals surface area (Å²) in [6.45, 7) is 12.5. The van der Waals surface area contributed by atoms with Gasteiger partial charge in [-0.2, -0.15) is 0 Å². The second-order valence-corrected chi connectivity index (χ2v) is 18.3. The smallest absolute Gasteiger partial charge is 0.191 e. The summed E-state index contributed by atoms with van der Waals surface area (Å²) < 4.78 is 6.48. The molecule has 0 unspecified atom stereocenters. The van der Waals surface area contributed by atoms with Crippen molar-refractivity contribution < 1.29 is 28.4 Å². The minimum absolute atomic E-state index is 0. The van der Waals surface area contributed by atoms with Crippen LogP contribution in [0, 0.1) is 0 Å². The summed E-state index contributed by atoms with van der Waals surface area (Å²) in [6.07, 6.45) is 3.45. The van der Waals surface area contributed by atoms with Crippen molar-refractivity contribution in [3.8, 4) is 0 Å². The van der Waals surface area contributed by atoms with Crippen LogP contribution in [-0.4, -0.2) is 21.1 Å². The maximum atomic E-state index is 6.48. The highest BCUT2D eigenvalue weighted by atomic mass is 127. The molecule has 172 valence electrons. The molecule has 0 atom stereocenters. The van der Waals surface area contributed by atoms with Gasteiger partial charge < -0.3 is 28.4 Å². The molecule has 0 spiro atoms. The molecule has 3 rings (SSSR count). The number of halogens is 1. The van der Waals surface area contributed by atoms with Crippen LogP contribution in [0.3, 0.4) is 0 Å². The molecule has 0 aliphatic carbocycles. The summed E-state index contributed by atoms with van der Waals surface area (Å²) in [5, 5.41) is 4.68. The number of hydrogen-bond acceptors (Lipinski definition) is 1. The third-order valence-electron chi connectivity index (χ3n) is 6.75. The zero-order chi connectivity index (χ0) is 22.4. The van der Waals surface area contributed by atoms with Crippen molar-refractivity contribution in [2.45, 2.75) is 51.7 Å². The lowest BCUT2D eigenvalue weighted by Crippen LogP contribution is -3.00. The van der Waals surface area contributed by atoms with Crippen LogP contribution in [0.15, 0.2) is 91.0 Å². The topological polar surface area (TPSA) is 9.23 Å². The number of unbranched alkanes of at least 4 members (excludes halogenated alkanes) is 1. The molecule has 0 amide bonds. The van der Waals surface area contributed by atoms with Crippen molar-refractivity contribution in [2.24, 2.45) is 0 Å². The fourth-order valence-electron chi connectivity index (χ4n) is 3.88. The van der Waals surface area contributed by atoms with E-state index in [0.29, 0.717) is 0 Å². The second kappa shape index (κ2) is 11.9. The van der Waals surface area contributed by atoms with Crippen molar-refractivity contribution in [1.82, 2.24) is 0 Å². The lowest BCUT2D eigenvalue weighted by Gasteiger charge is -2.36. The minimum Gasteiger partial charge on any atom is -1.00 e. The SMILES string of the molecule is CC(C)(C)[Si](C)(C)OCCCC[P+](c1ccccc1)(c1ccccc1)c1ccccc1.[I-]. The molecular weight excluding hydrogens is 538 g/mol. The van der Waals surface area contributed by atoms with Gasteiger partial charge in [-0.1, -0.05) is 75.4 Å². The molecule has 0 saturated heterocycles. The zero-order valence-corrected chi connectivity index (χ0v) is 24.3. The molecule has 0 radical (unpaired) electrons. The first-order valence-electron chi connectivity index (χ1n) is 11.5. The molecule has 0 aliphatic heterocycles. The third-order valence-corrected chi connectivity index (χ3v) is 15.8. The van der Waals surface area contributed by atoms with Gasteiger partial charge in [0.15, 0.2) is 8.32 Å². The van der Waals surface area contributed by atoms with Gasteiger partial charge in [-0.25, -0.2) is 0 Å². The van der Waals surface area contributed by atoms with Crippen LogP contribution in [-0.2, 0) is 4.43 Å². The lowest BCUT2D eigenvalue weighted by molar-refractivity contribution is -0.00000742. The normalized spacial score (nSPS) is 12.3. The van der Waals surface area contributed by atoms with Gasteiger partial charge in [0.2, 0.25) is 0 Å². The van der Waals surface area contributed by atoms with E-state index in [2.05, 4.69) is 125 Å². The molecule has 0 N–H and O–H groups in total. The van der Waals surface area contributed by atoms with Crippen LogP contribution in [0.25, 0.3) is 0 Å². The Labute approximate surface area is 214 Å². The van der Waals surface area contributed by atoms with Gasteiger partial charge in [-0.05, 0) is 67.4 Å². The van der Waals surface area contributed by atoms with Crippen LogP contribution in [0.2, 0.25) is 18.1 Å². The Bertz CT molecular complexity index is 827. The molecule has 3 aromatic carbocycles. The number of benzene rings is 3. The highest BCUT2D eigenvalue weighted by Gasteiger charge is 2.44. The van der Waals surface area contributed by atoms with E-state index in [1.807, 2.05) is 0 Å². The monoisotopic (exact) mass is 576 g/mol. The fraction of sp³-hybridized carbons (Fsp3) is 0.357. The summed E-state index contributed by atoms with van der Waals surface area (Å²) in [6, 6.07) is 33.5. The van der Waals surface area contributed by atoms with Crippen molar-refractivity contribution in [1.29, 1.82) is 0 Å². The quantitative estimate of drug-likeness (QED) is 0.163. The Balaban J connectivity index is 0.00000363. The van der Waals surface area contributed by atoms with E-state index in [-0.39, 0.29) is 29.0 Å². The van der Waals surface area contributed by atoms with Crippen LogP contribution >= 0.6 is 7.26 Å². The average Bonchev–Trinajstić information content (AvgIpc) is 2.77.